The Morgan fingerprint density at radius 1 is 1.19 bits per heavy atom. The third-order valence-electron chi connectivity index (χ3n) is 4.88. The Bertz CT molecular complexity index is 486. The molecule has 2 aliphatic rings. The lowest BCUT2D eigenvalue weighted by atomic mass is 9.81. The summed E-state index contributed by atoms with van der Waals surface area (Å²) in [6.07, 6.45) is 7.89. The van der Waals surface area contributed by atoms with Crippen molar-refractivity contribution in [1.82, 2.24) is 10.2 Å². The lowest BCUT2D eigenvalue weighted by Gasteiger charge is -2.40. The average molecular weight is 355 g/mol. The van der Waals surface area contributed by atoms with Gasteiger partial charge in [-0.25, -0.2) is 4.39 Å². The molecule has 1 saturated carbocycles. The molecule has 116 valence electrons. The highest BCUT2D eigenvalue weighted by Crippen LogP contribution is 2.31. The molecule has 1 aromatic rings. The number of halogens is 2. The van der Waals surface area contributed by atoms with E-state index in [9.17, 15) is 4.39 Å². The Kier molecular flexibility index (Phi) is 4.97. The quantitative estimate of drug-likeness (QED) is 0.860. The first kappa shape index (κ1) is 15.4. The third kappa shape index (κ3) is 3.85. The molecule has 1 aliphatic carbocycles. The Hall–Kier alpha value is -0.450. The second-order valence-corrected chi connectivity index (χ2v) is 7.43. The molecule has 1 aromatic carbocycles. The summed E-state index contributed by atoms with van der Waals surface area (Å²) in [5.74, 6) is -0.181. The van der Waals surface area contributed by atoms with Crippen molar-refractivity contribution < 1.29 is 4.39 Å². The molecule has 0 atom stereocenters. The van der Waals surface area contributed by atoms with Crippen LogP contribution in [0.3, 0.4) is 0 Å². The Morgan fingerprint density at radius 2 is 2.00 bits per heavy atom. The first-order valence-corrected chi connectivity index (χ1v) is 8.88. The Balaban J connectivity index is 1.69. The van der Waals surface area contributed by atoms with Crippen LogP contribution >= 0.6 is 15.9 Å². The monoisotopic (exact) mass is 354 g/mol. The number of benzene rings is 1. The highest BCUT2D eigenvalue weighted by atomic mass is 79.9. The SMILES string of the molecule is Fc1ccc(CN2CCCNC3(CCCCC3)C2)cc1Br. The molecule has 0 unspecified atom stereocenters. The Morgan fingerprint density at radius 3 is 2.76 bits per heavy atom. The molecular formula is C17H24BrFN2. The van der Waals surface area contributed by atoms with Crippen LogP contribution in [-0.4, -0.2) is 30.1 Å². The number of nitrogens with zero attached hydrogens (tertiary/aromatic N) is 1. The number of hydrogen-bond acceptors (Lipinski definition) is 2. The van der Waals surface area contributed by atoms with E-state index in [0.29, 0.717) is 10.0 Å². The summed E-state index contributed by atoms with van der Waals surface area (Å²) in [5, 5.41) is 3.82. The van der Waals surface area contributed by atoms with Crippen molar-refractivity contribution >= 4 is 15.9 Å². The van der Waals surface area contributed by atoms with Crippen LogP contribution in [0, 0.1) is 5.82 Å². The van der Waals surface area contributed by atoms with Crippen LogP contribution in [0.5, 0.6) is 0 Å². The van der Waals surface area contributed by atoms with Gasteiger partial charge in [-0.3, -0.25) is 4.90 Å². The zero-order chi connectivity index (χ0) is 14.7. The zero-order valence-corrected chi connectivity index (χ0v) is 14.1. The average Bonchev–Trinajstić information content (AvgIpc) is 2.66. The first-order chi connectivity index (χ1) is 10.2. The van der Waals surface area contributed by atoms with E-state index in [-0.39, 0.29) is 5.82 Å². The van der Waals surface area contributed by atoms with Gasteiger partial charge >= 0.3 is 0 Å². The van der Waals surface area contributed by atoms with Gasteiger partial charge in [-0.15, -0.1) is 0 Å². The van der Waals surface area contributed by atoms with E-state index < -0.39 is 0 Å². The minimum atomic E-state index is -0.181. The van der Waals surface area contributed by atoms with Gasteiger partial charge in [0.1, 0.15) is 5.82 Å². The molecule has 0 bridgehead atoms. The summed E-state index contributed by atoms with van der Waals surface area (Å²) in [4.78, 5) is 2.55. The van der Waals surface area contributed by atoms with Crippen LogP contribution in [0.15, 0.2) is 22.7 Å². The molecule has 0 aromatic heterocycles. The molecule has 0 amide bonds. The standard InChI is InChI=1S/C17H24BrFN2/c18-15-11-14(5-6-16(15)19)12-21-10-4-9-20-17(13-21)7-2-1-3-8-17/h5-6,11,20H,1-4,7-10,12-13H2. The van der Waals surface area contributed by atoms with Crippen LogP contribution in [-0.2, 0) is 6.54 Å². The molecule has 1 saturated heterocycles. The summed E-state index contributed by atoms with van der Waals surface area (Å²) in [6.45, 7) is 4.30. The second-order valence-electron chi connectivity index (χ2n) is 6.58. The predicted molar refractivity (Wildman–Crippen MR) is 87.8 cm³/mol. The molecule has 1 N–H and O–H groups in total. The van der Waals surface area contributed by atoms with Crippen LogP contribution in [0.4, 0.5) is 4.39 Å². The molecule has 3 rings (SSSR count). The molecule has 21 heavy (non-hydrogen) atoms. The molecule has 1 aliphatic heterocycles. The number of hydrogen-bond donors (Lipinski definition) is 1. The van der Waals surface area contributed by atoms with E-state index in [2.05, 4.69) is 26.1 Å². The van der Waals surface area contributed by atoms with Gasteiger partial charge in [-0.05, 0) is 66.0 Å². The topological polar surface area (TPSA) is 15.3 Å². The first-order valence-electron chi connectivity index (χ1n) is 8.08. The molecular weight excluding hydrogens is 331 g/mol. The predicted octanol–water partition coefficient (Wildman–Crippen LogP) is 4.09. The fourth-order valence-corrected chi connectivity index (χ4v) is 4.24. The van der Waals surface area contributed by atoms with Gasteiger partial charge in [-0.1, -0.05) is 25.3 Å². The molecule has 2 fully saturated rings. The van der Waals surface area contributed by atoms with Gasteiger partial charge in [-0.2, -0.15) is 0 Å². The van der Waals surface area contributed by atoms with E-state index >= 15 is 0 Å². The number of rotatable bonds is 2. The van der Waals surface area contributed by atoms with Crippen molar-refractivity contribution in [1.29, 1.82) is 0 Å². The molecule has 2 nitrogen and oxygen atoms in total. The van der Waals surface area contributed by atoms with Crippen molar-refractivity contribution in [2.75, 3.05) is 19.6 Å². The summed E-state index contributed by atoms with van der Waals surface area (Å²) in [6, 6.07) is 5.39. The Labute approximate surface area is 135 Å². The molecule has 4 heteroatoms. The van der Waals surface area contributed by atoms with Gasteiger partial charge in [0, 0.05) is 18.6 Å². The molecule has 1 heterocycles. The summed E-state index contributed by atoms with van der Waals surface area (Å²) >= 11 is 3.29. The van der Waals surface area contributed by atoms with Crippen LogP contribution < -0.4 is 5.32 Å². The second kappa shape index (κ2) is 6.76. The van der Waals surface area contributed by atoms with E-state index in [1.807, 2.05) is 12.1 Å². The fraction of sp³-hybridized carbons (Fsp3) is 0.647. The van der Waals surface area contributed by atoms with Gasteiger partial charge in [0.2, 0.25) is 0 Å². The minimum absolute atomic E-state index is 0.181. The largest absolute Gasteiger partial charge is 0.310 e. The molecule has 0 radical (unpaired) electrons. The van der Waals surface area contributed by atoms with Gasteiger partial charge < -0.3 is 5.32 Å². The minimum Gasteiger partial charge on any atom is -0.310 e. The lowest BCUT2D eigenvalue weighted by molar-refractivity contribution is 0.159. The third-order valence-corrected chi connectivity index (χ3v) is 5.49. The fourth-order valence-electron chi connectivity index (χ4n) is 3.81. The van der Waals surface area contributed by atoms with Crippen molar-refractivity contribution in [2.24, 2.45) is 0 Å². The summed E-state index contributed by atoms with van der Waals surface area (Å²) in [5.41, 5.74) is 1.52. The molecule has 1 spiro atoms. The highest BCUT2D eigenvalue weighted by Gasteiger charge is 2.34. The maximum atomic E-state index is 13.4. The van der Waals surface area contributed by atoms with Crippen LogP contribution in [0.2, 0.25) is 0 Å². The smallest absolute Gasteiger partial charge is 0.137 e. The maximum Gasteiger partial charge on any atom is 0.137 e. The van der Waals surface area contributed by atoms with Crippen LogP contribution in [0.25, 0.3) is 0 Å². The lowest BCUT2D eigenvalue weighted by Crippen LogP contribution is -2.52. The van der Waals surface area contributed by atoms with Gasteiger partial charge in [0.05, 0.1) is 4.47 Å². The highest BCUT2D eigenvalue weighted by molar-refractivity contribution is 9.10. The van der Waals surface area contributed by atoms with Crippen molar-refractivity contribution in [3.8, 4) is 0 Å². The summed E-state index contributed by atoms with van der Waals surface area (Å²) < 4.78 is 13.9. The van der Waals surface area contributed by atoms with E-state index in [4.69, 9.17) is 0 Å². The van der Waals surface area contributed by atoms with E-state index in [0.717, 1.165) is 26.2 Å². The van der Waals surface area contributed by atoms with E-state index in [1.165, 1.54) is 44.1 Å². The van der Waals surface area contributed by atoms with Crippen molar-refractivity contribution in [3.63, 3.8) is 0 Å². The van der Waals surface area contributed by atoms with Crippen molar-refractivity contribution in [3.05, 3.63) is 34.1 Å². The summed E-state index contributed by atoms with van der Waals surface area (Å²) in [7, 11) is 0. The normalized spacial score (nSPS) is 23.1. The number of nitrogens with one attached hydrogen (secondary N) is 1. The van der Waals surface area contributed by atoms with Gasteiger partial charge in [0.25, 0.3) is 0 Å². The van der Waals surface area contributed by atoms with Gasteiger partial charge in [0.15, 0.2) is 0 Å². The maximum absolute atomic E-state index is 13.4. The zero-order valence-electron chi connectivity index (χ0n) is 12.5. The van der Waals surface area contributed by atoms with E-state index in [1.54, 1.807) is 6.07 Å². The van der Waals surface area contributed by atoms with Crippen LogP contribution in [0.1, 0.15) is 44.1 Å². The van der Waals surface area contributed by atoms with Crippen molar-refractivity contribution in [2.45, 2.75) is 50.6 Å².